The molecule has 0 spiro atoms. The highest BCUT2D eigenvalue weighted by Gasteiger charge is 2.03. The molecule has 0 saturated carbocycles. The van der Waals surface area contributed by atoms with Crippen molar-refractivity contribution in [2.24, 2.45) is 0 Å². The summed E-state index contributed by atoms with van der Waals surface area (Å²) in [6, 6.07) is 7.48. The van der Waals surface area contributed by atoms with Crippen LogP contribution in [0.15, 0.2) is 18.2 Å². The predicted octanol–water partition coefficient (Wildman–Crippen LogP) is 1.68. The average Bonchev–Trinajstić information content (AvgIpc) is 2.34. The fourth-order valence-corrected chi connectivity index (χ4v) is 1.33. The van der Waals surface area contributed by atoms with Crippen LogP contribution in [0.5, 0.6) is 5.75 Å². The molecule has 1 N–H and O–H groups in total. The van der Waals surface area contributed by atoms with E-state index in [0.29, 0.717) is 18.7 Å². The molecule has 1 aromatic rings. The molecule has 0 atom stereocenters. The van der Waals surface area contributed by atoms with Gasteiger partial charge in [-0.05, 0) is 25.1 Å². The Labute approximate surface area is 96.0 Å². The second-order valence-electron chi connectivity index (χ2n) is 3.17. The monoisotopic (exact) mass is 214 g/mol. The minimum absolute atomic E-state index is 0.635. The molecule has 0 aliphatic carbocycles. The first-order valence-corrected chi connectivity index (χ1v) is 4.99. The van der Waals surface area contributed by atoms with Gasteiger partial charge in [0.1, 0.15) is 5.75 Å². The van der Waals surface area contributed by atoms with E-state index in [0.717, 1.165) is 11.3 Å². The number of ether oxygens (including phenoxy) is 1. The summed E-state index contributed by atoms with van der Waals surface area (Å²) >= 11 is 0. The average molecular weight is 214 g/mol. The zero-order valence-corrected chi connectivity index (χ0v) is 9.50. The largest absolute Gasteiger partial charge is 0.496 e. The van der Waals surface area contributed by atoms with Gasteiger partial charge in [0.2, 0.25) is 0 Å². The highest BCUT2D eigenvalue weighted by Crippen LogP contribution is 2.19. The SMILES string of the molecule is CC#CCNCc1cc(C#N)ccc1OC. The third kappa shape index (κ3) is 3.31. The molecule has 0 aromatic heterocycles. The molecular weight excluding hydrogens is 200 g/mol. The summed E-state index contributed by atoms with van der Waals surface area (Å²) in [5.74, 6) is 6.51. The number of rotatable bonds is 4. The van der Waals surface area contributed by atoms with Crippen molar-refractivity contribution in [3.8, 4) is 23.7 Å². The van der Waals surface area contributed by atoms with Gasteiger partial charge in [-0.1, -0.05) is 5.92 Å². The van der Waals surface area contributed by atoms with E-state index in [9.17, 15) is 0 Å². The lowest BCUT2D eigenvalue weighted by atomic mass is 10.1. The molecule has 1 aromatic carbocycles. The van der Waals surface area contributed by atoms with Gasteiger partial charge in [0, 0.05) is 12.1 Å². The van der Waals surface area contributed by atoms with Crippen molar-refractivity contribution in [2.45, 2.75) is 13.5 Å². The second-order valence-corrected chi connectivity index (χ2v) is 3.17. The van der Waals surface area contributed by atoms with Crippen LogP contribution >= 0.6 is 0 Å². The van der Waals surface area contributed by atoms with Gasteiger partial charge in [0.15, 0.2) is 0 Å². The molecule has 0 fully saturated rings. The maximum Gasteiger partial charge on any atom is 0.123 e. The summed E-state index contributed by atoms with van der Waals surface area (Å²) in [4.78, 5) is 0. The van der Waals surface area contributed by atoms with Crippen LogP contribution < -0.4 is 10.1 Å². The maximum atomic E-state index is 8.80. The fourth-order valence-electron chi connectivity index (χ4n) is 1.33. The fraction of sp³-hybridized carbons (Fsp3) is 0.308. The van der Waals surface area contributed by atoms with Crippen molar-refractivity contribution in [3.63, 3.8) is 0 Å². The van der Waals surface area contributed by atoms with E-state index in [1.807, 2.05) is 6.07 Å². The summed E-state index contributed by atoms with van der Waals surface area (Å²) in [6.45, 7) is 3.09. The van der Waals surface area contributed by atoms with Crippen LogP contribution in [0.4, 0.5) is 0 Å². The third-order valence-electron chi connectivity index (χ3n) is 2.12. The van der Waals surface area contributed by atoms with Crippen LogP contribution in [-0.2, 0) is 6.54 Å². The van der Waals surface area contributed by atoms with E-state index in [1.165, 1.54) is 0 Å². The first kappa shape index (κ1) is 12.1. The molecule has 0 aliphatic heterocycles. The first-order chi connectivity index (χ1) is 7.81. The molecule has 16 heavy (non-hydrogen) atoms. The first-order valence-electron chi connectivity index (χ1n) is 4.99. The molecule has 0 aliphatic rings. The van der Waals surface area contributed by atoms with Gasteiger partial charge in [0.05, 0.1) is 25.3 Å². The summed E-state index contributed by atoms with van der Waals surface area (Å²) in [6.07, 6.45) is 0. The molecule has 0 radical (unpaired) electrons. The van der Waals surface area contributed by atoms with Gasteiger partial charge in [-0.25, -0.2) is 0 Å². The molecule has 0 amide bonds. The van der Waals surface area contributed by atoms with Crippen LogP contribution in [0, 0.1) is 23.2 Å². The molecule has 0 bridgehead atoms. The Morgan fingerprint density at radius 3 is 2.88 bits per heavy atom. The molecule has 3 heteroatoms. The topological polar surface area (TPSA) is 45.0 Å². The highest BCUT2D eigenvalue weighted by molar-refractivity contribution is 5.42. The Bertz CT molecular complexity index is 449. The van der Waals surface area contributed by atoms with E-state index in [2.05, 4.69) is 23.2 Å². The van der Waals surface area contributed by atoms with Gasteiger partial charge in [0.25, 0.3) is 0 Å². The van der Waals surface area contributed by atoms with Crippen LogP contribution in [0.3, 0.4) is 0 Å². The standard InChI is InChI=1S/C13H14N2O/c1-3-4-7-15-10-12-8-11(9-14)5-6-13(12)16-2/h5-6,8,15H,7,10H2,1-2H3. The lowest BCUT2D eigenvalue weighted by Gasteiger charge is -2.08. The van der Waals surface area contributed by atoms with Gasteiger partial charge in [-0.15, -0.1) is 5.92 Å². The number of hydrogen-bond donors (Lipinski definition) is 1. The lowest BCUT2D eigenvalue weighted by molar-refractivity contribution is 0.408. The molecule has 0 saturated heterocycles. The van der Waals surface area contributed by atoms with Crippen LogP contribution in [0.2, 0.25) is 0 Å². The zero-order chi connectivity index (χ0) is 11.8. The Kier molecular flexibility index (Phi) is 4.92. The molecule has 1 rings (SSSR count). The Hall–Kier alpha value is -1.97. The molecule has 3 nitrogen and oxygen atoms in total. The normalized spacial score (nSPS) is 8.81. The lowest BCUT2D eigenvalue weighted by Crippen LogP contribution is -2.14. The molecule has 82 valence electrons. The van der Waals surface area contributed by atoms with Crippen molar-refractivity contribution in [3.05, 3.63) is 29.3 Å². The number of hydrogen-bond acceptors (Lipinski definition) is 3. The minimum atomic E-state index is 0.635. The molecular formula is C13H14N2O. The summed E-state index contributed by atoms with van der Waals surface area (Å²) in [5.41, 5.74) is 1.61. The Morgan fingerprint density at radius 1 is 1.44 bits per heavy atom. The predicted molar refractivity (Wildman–Crippen MR) is 62.9 cm³/mol. The molecule has 0 heterocycles. The van der Waals surface area contributed by atoms with Gasteiger partial charge >= 0.3 is 0 Å². The number of methoxy groups -OCH3 is 1. The highest BCUT2D eigenvalue weighted by atomic mass is 16.5. The quantitative estimate of drug-likeness (QED) is 0.612. The van der Waals surface area contributed by atoms with Gasteiger partial charge in [-0.3, -0.25) is 0 Å². The van der Waals surface area contributed by atoms with Crippen molar-refractivity contribution in [1.82, 2.24) is 5.32 Å². The zero-order valence-electron chi connectivity index (χ0n) is 9.50. The summed E-state index contributed by atoms with van der Waals surface area (Å²) < 4.78 is 5.22. The van der Waals surface area contributed by atoms with Crippen molar-refractivity contribution < 1.29 is 4.74 Å². The Balaban J connectivity index is 2.74. The van der Waals surface area contributed by atoms with E-state index in [4.69, 9.17) is 10.00 Å². The van der Waals surface area contributed by atoms with Crippen LogP contribution in [0.1, 0.15) is 18.1 Å². The molecule has 0 unspecified atom stereocenters. The van der Waals surface area contributed by atoms with Crippen molar-refractivity contribution in [1.29, 1.82) is 5.26 Å². The second kappa shape index (κ2) is 6.50. The van der Waals surface area contributed by atoms with Gasteiger partial charge in [-0.2, -0.15) is 5.26 Å². The van der Waals surface area contributed by atoms with Crippen molar-refractivity contribution >= 4 is 0 Å². The number of nitrogens with zero attached hydrogens (tertiary/aromatic N) is 1. The summed E-state index contributed by atoms with van der Waals surface area (Å²) in [5, 5.41) is 12.0. The van der Waals surface area contributed by atoms with Crippen LogP contribution in [-0.4, -0.2) is 13.7 Å². The van der Waals surface area contributed by atoms with E-state index in [1.54, 1.807) is 26.2 Å². The minimum Gasteiger partial charge on any atom is -0.496 e. The van der Waals surface area contributed by atoms with Gasteiger partial charge < -0.3 is 10.1 Å². The number of benzene rings is 1. The van der Waals surface area contributed by atoms with Crippen molar-refractivity contribution in [2.75, 3.05) is 13.7 Å². The number of nitrogens with one attached hydrogen (secondary N) is 1. The Morgan fingerprint density at radius 2 is 2.25 bits per heavy atom. The number of nitriles is 1. The third-order valence-corrected chi connectivity index (χ3v) is 2.12. The van der Waals surface area contributed by atoms with E-state index >= 15 is 0 Å². The van der Waals surface area contributed by atoms with E-state index < -0.39 is 0 Å². The smallest absolute Gasteiger partial charge is 0.123 e. The summed E-state index contributed by atoms with van der Waals surface area (Å²) in [7, 11) is 1.62. The van der Waals surface area contributed by atoms with E-state index in [-0.39, 0.29) is 0 Å². The maximum absolute atomic E-state index is 8.80. The van der Waals surface area contributed by atoms with Crippen LogP contribution in [0.25, 0.3) is 0 Å².